The molecule has 1 aliphatic rings. The van der Waals surface area contributed by atoms with E-state index in [2.05, 4.69) is 34.0 Å². The Morgan fingerprint density at radius 3 is 2.41 bits per heavy atom. The zero-order chi connectivity index (χ0) is 19.2. The SMILES string of the molecule is Cc1cc(C)cc(C2(C(=O)NNC(=O)c3c(C)nc4ccccn34)CC2)c1. The van der Waals surface area contributed by atoms with Gasteiger partial charge in [0, 0.05) is 6.20 Å². The fourth-order valence-corrected chi connectivity index (χ4v) is 3.70. The highest BCUT2D eigenvalue weighted by atomic mass is 16.2. The maximum absolute atomic E-state index is 12.8. The second kappa shape index (κ2) is 6.23. The van der Waals surface area contributed by atoms with Crippen molar-refractivity contribution in [1.29, 1.82) is 0 Å². The molecule has 1 fully saturated rings. The lowest BCUT2D eigenvalue weighted by Gasteiger charge is -2.17. The second-order valence-electron chi connectivity index (χ2n) is 7.34. The second-order valence-corrected chi connectivity index (χ2v) is 7.34. The zero-order valence-corrected chi connectivity index (χ0v) is 15.7. The van der Waals surface area contributed by atoms with E-state index in [1.165, 1.54) is 0 Å². The number of aryl methyl sites for hydroxylation is 3. The molecular formula is C21H22N4O2. The van der Waals surface area contributed by atoms with Crippen molar-refractivity contribution in [2.75, 3.05) is 0 Å². The minimum absolute atomic E-state index is 0.174. The first-order chi connectivity index (χ1) is 12.9. The molecule has 0 atom stereocenters. The fourth-order valence-electron chi connectivity index (χ4n) is 3.70. The number of hydrogen-bond donors (Lipinski definition) is 2. The number of rotatable bonds is 3. The first-order valence-electron chi connectivity index (χ1n) is 9.04. The summed E-state index contributed by atoms with van der Waals surface area (Å²) in [5.41, 5.74) is 9.65. The normalized spacial score (nSPS) is 14.8. The van der Waals surface area contributed by atoms with Crippen LogP contribution in [-0.4, -0.2) is 21.2 Å². The van der Waals surface area contributed by atoms with Gasteiger partial charge in [0.1, 0.15) is 11.3 Å². The number of hydrazine groups is 1. The van der Waals surface area contributed by atoms with Crippen LogP contribution in [-0.2, 0) is 10.2 Å². The van der Waals surface area contributed by atoms with Gasteiger partial charge in [0.15, 0.2) is 0 Å². The largest absolute Gasteiger partial charge is 0.295 e. The molecule has 2 N–H and O–H groups in total. The predicted octanol–water partition coefficient (Wildman–Crippen LogP) is 2.75. The quantitative estimate of drug-likeness (QED) is 0.704. The van der Waals surface area contributed by atoms with E-state index in [1.807, 2.05) is 32.0 Å². The highest BCUT2D eigenvalue weighted by molar-refractivity contribution is 5.98. The maximum Gasteiger partial charge on any atom is 0.288 e. The summed E-state index contributed by atoms with van der Waals surface area (Å²) in [6.07, 6.45) is 3.35. The smallest absolute Gasteiger partial charge is 0.288 e. The number of benzene rings is 1. The lowest BCUT2D eigenvalue weighted by atomic mass is 9.92. The molecule has 2 heterocycles. The number of carbonyl (C=O) groups excluding carboxylic acids is 2. The monoisotopic (exact) mass is 362 g/mol. The molecule has 1 aliphatic carbocycles. The van der Waals surface area contributed by atoms with E-state index in [-0.39, 0.29) is 11.8 Å². The van der Waals surface area contributed by atoms with Crippen LogP contribution in [0.2, 0.25) is 0 Å². The summed E-state index contributed by atoms with van der Waals surface area (Å²) in [7, 11) is 0. The van der Waals surface area contributed by atoms with Gasteiger partial charge < -0.3 is 0 Å². The van der Waals surface area contributed by atoms with Crippen molar-refractivity contribution in [3.05, 3.63) is 70.7 Å². The molecule has 0 bridgehead atoms. The van der Waals surface area contributed by atoms with Crippen molar-refractivity contribution in [3.8, 4) is 0 Å². The van der Waals surface area contributed by atoms with Crippen LogP contribution in [0, 0.1) is 20.8 Å². The van der Waals surface area contributed by atoms with Crippen LogP contribution >= 0.6 is 0 Å². The number of amides is 2. The van der Waals surface area contributed by atoms with Crippen LogP contribution in [0.3, 0.4) is 0 Å². The number of imidazole rings is 1. The Balaban J connectivity index is 1.52. The maximum atomic E-state index is 12.8. The van der Waals surface area contributed by atoms with Gasteiger partial charge in [-0.05, 0) is 51.3 Å². The Kier molecular flexibility index (Phi) is 3.98. The van der Waals surface area contributed by atoms with Crippen LogP contribution in [0.1, 0.15) is 45.7 Å². The molecule has 27 heavy (non-hydrogen) atoms. The molecule has 0 saturated heterocycles. The van der Waals surface area contributed by atoms with Crippen molar-refractivity contribution in [3.63, 3.8) is 0 Å². The number of fused-ring (bicyclic) bond motifs is 1. The van der Waals surface area contributed by atoms with Crippen molar-refractivity contribution in [1.82, 2.24) is 20.2 Å². The van der Waals surface area contributed by atoms with E-state index >= 15 is 0 Å². The number of aromatic nitrogens is 2. The molecule has 0 aliphatic heterocycles. The van der Waals surface area contributed by atoms with Gasteiger partial charge >= 0.3 is 0 Å². The van der Waals surface area contributed by atoms with Gasteiger partial charge in [0.2, 0.25) is 5.91 Å². The van der Waals surface area contributed by atoms with Gasteiger partial charge in [0.05, 0.1) is 11.1 Å². The summed E-state index contributed by atoms with van der Waals surface area (Å²) in [5, 5.41) is 0. The van der Waals surface area contributed by atoms with Crippen molar-refractivity contribution < 1.29 is 9.59 Å². The summed E-state index contributed by atoms with van der Waals surface area (Å²) in [4.78, 5) is 29.9. The first kappa shape index (κ1) is 17.3. The summed E-state index contributed by atoms with van der Waals surface area (Å²) in [5.74, 6) is -0.553. The number of nitrogens with zero attached hydrogens (tertiary/aromatic N) is 2. The molecule has 3 aromatic rings. The third-order valence-corrected chi connectivity index (χ3v) is 5.17. The van der Waals surface area contributed by atoms with E-state index in [0.717, 1.165) is 29.5 Å². The first-order valence-corrected chi connectivity index (χ1v) is 9.04. The Labute approximate surface area is 157 Å². The van der Waals surface area contributed by atoms with E-state index in [0.29, 0.717) is 17.0 Å². The molecule has 2 aromatic heterocycles. The van der Waals surface area contributed by atoms with Crippen LogP contribution in [0.4, 0.5) is 0 Å². The Morgan fingerprint density at radius 2 is 1.74 bits per heavy atom. The van der Waals surface area contributed by atoms with E-state index in [9.17, 15) is 9.59 Å². The molecular weight excluding hydrogens is 340 g/mol. The number of carbonyl (C=O) groups is 2. The van der Waals surface area contributed by atoms with Crippen LogP contribution < -0.4 is 10.9 Å². The summed E-state index contributed by atoms with van der Waals surface area (Å²) in [6.45, 7) is 5.83. The van der Waals surface area contributed by atoms with E-state index in [1.54, 1.807) is 17.5 Å². The molecule has 0 radical (unpaired) electrons. The van der Waals surface area contributed by atoms with Crippen molar-refractivity contribution in [2.45, 2.75) is 39.0 Å². The molecule has 2 amide bonds. The average Bonchev–Trinajstić information content (AvgIpc) is 3.36. The molecule has 138 valence electrons. The molecule has 6 nitrogen and oxygen atoms in total. The predicted molar refractivity (Wildman–Crippen MR) is 102 cm³/mol. The average molecular weight is 362 g/mol. The molecule has 0 unspecified atom stereocenters. The van der Waals surface area contributed by atoms with E-state index < -0.39 is 5.41 Å². The van der Waals surface area contributed by atoms with Crippen LogP contribution in [0.5, 0.6) is 0 Å². The van der Waals surface area contributed by atoms with Crippen molar-refractivity contribution in [2.24, 2.45) is 0 Å². The number of hydrogen-bond acceptors (Lipinski definition) is 3. The molecule has 1 saturated carbocycles. The van der Waals surface area contributed by atoms with Gasteiger partial charge in [-0.2, -0.15) is 0 Å². The van der Waals surface area contributed by atoms with Gasteiger partial charge in [0.25, 0.3) is 5.91 Å². The van der Waals surface area contributed by atoms with Crippen LogP contribution in [0.15, 0.2) is 42.6 Å². The zero-order valence-electron chi connectivity index (χ0n) is 15.7. The molecule has 6 heteroatoms. The summed E-state index contributed by atoms with van der Waals surface area (Å²) >= 11 is 0. The third-order valence-electron chi connectivity index (χ3n) is 5.17. The molecule has 1 aromatic carbocycles. The topological polar surface area (TPSA) is 75.5 Å². The highest BCUT2D eigenvalue weighted by Gasteiger charge is 2.51. The number of pyridine rings is 1. The summed E-state index contributed by atoms with van der Waals surface area (Å²) in [6, 6.07) is 11.7. The van der Waals surface area contributed by atoms with Crippen LogP contribution in [0.25, 0.3) is 5.65 Å². The van der Waals surface area contributed by atoms with Gasteiger partial charge in [-0.3, -0.25) is 24.8 Å². The van der Waals surface area contributed by atoms with Gasteiger partial charge in [-0.25, -0.2) is 4.98 Å². The molecule has 0 spiro atoms. The lowest BCUT2D eigenvalue weighted by Crippen LogP contribution is -2.47. The minimum Gasteiger partial charge on any atom is -0.295 e. The fraction of sp³-hybridized carbons (Fsp3) is 0.286. The highest BCUT2D eigenvalue weighted by Crippen LogP contribution is 2.48. The lowest BCUT2D eigenvalue weighted by molar-refractivity contribution is -0.124. The van der Waals surface area contributed by atoms with E-state index in [4.69, 9.17) is 0 Å². The van der Waals surface area contributed by atoms with Crippen molar-refractivity contribution >= 4 is 17.5 Å². The standard InChI is InChI=1S/C21H22N4O2/c1-13-10-14(2)12-16(11-13)21(7-8-21)20(27)24-23-19(26)18-15(3)22-17-6-4-5-9-25(17)18/h4-6,9-12H,7-8H2,1-3H3,(H,23,26)(H,24,27). The van der Waals surface area contributed by atoms with Gasteiger partial charge in [-0.1, -0.05) is 35.4 Å². The summed E-state index contributed by atoms with van der Waals surface area (Å²) < 4.78 is 1.72. The third kappa shape index (κ3) is 2.97. The Hall–Kier alpha value is -3.15. The molecule has 4 rings (SSSR count). The minimum atomic E-state index is -0.543. The number of nitrogens with one attached hydrogen (secondary N) is 2. The Morgan fingerprint density at radius 1 is 1.04 bits per heavy atom. The van der Waals surface area contributed by atoms with Gasteiger partial charge in [-0.15, -0.1) is 0 Å². The Bertz CT molecular complexity index is 1040.